The molecule has 0 saturated carbocycles. The lowest BCUT2D eigenvalue weighted by molar-refractivity contribution is 1.56. The Balaban J connectivity index is 2.92. The van der Waals surface area contributed by atoms with Gasteiger partial charge in [0.1, 0.15) is 4.34 Å². The minimum atomic E-state index is 0.771. The monoisotopic (exact) mass is 146 g/mol. The van der Waals surface area contributed by atoms with Crippen molar-refractivity contribution in [3.8, 4) is 0 Å². The molecule has 0 saturated heterocycles. The van der Waals surface area contributed by atoms with Crippen LogP contribution in [0, 0.1) is 5.38 Å². The van der Waals surface area contributed by atoms with Crippen molar-refractivity contribution in [2.45, 2.75) is 0 Å². The zero-order valence-corrected chi connectivity index (χ0v) is 5.94. The lowest BCUT2D eigenvalue weighted by Gasteiger charge is -1.90. The minimum Gasteiger partial charge on any atom is -0.386 e. The molecule has 1 aromatic heterocycles. The van der Waals surface area contributed by atoms with Crippen LogP contribution in [0.15, 0.2) is 6.07 Å². The molecule has 1 rings (SSSR count). The standard InChI is InChI=1S/C5H5ClNS/c1-7-4-2-3-8-5(4)6/h2,7H,1H3. The summed E-state index contributed by atoms with van der Waals surface area (Å²) in [5.41, 5.74) is 0.955. The molecule has 0 amide bonds. The number of anilines is 1. The van der Waals surface area contributed by atoms with Gasteiger partial charge < -0.3 is 5.32 Å². The highest BCUT2D eigenvalue weighted by molar-refractivity contribution is 7.14. The fourth-order valence-corrected chi connectivity index (χ4v) is 1.26. The molecule has 0 aliphatic heterocycles. The Kier molecular flexibility index (Phi) is 1.76. The van der Waals surface area contributed by atoms with E-state index in [1.165, 1.54) is 11.3 Å². The Labute approximate surface area is 57.3 Å². The number of thiophene rings is 1. The van der Waals surface area contributed by atoms with E-state index < -0.39 is 0 Å². The molecule has 43 valence electrons. The Morgan fingerprint density at radius 2 is 2.62 bits per heavy atom. The molecular formula is C5H5ClNS. The SMILES string of the molecule is CNc1c[c]sc1Cl. The molecule has 1 nitrogen and oxygen atoms in total. The zero-order valence-electron chi connectivity index (χ0n) is 4.36. The highest BCUT2D eigenvalue weighted by Gasteiger charge is 1.95. The second-order valence-electron chi connectivity index (χ2n) is 1.30. The third kappa shape index (κ3) is 0.956. The predicted octanol–water partition coefficient (Wildman–Crippen LogP) is 2.24. The zero-order chi connectivity index (χ0) is 5.98. The first kappa shape index (κ1) is 5.92. The maximum absolute atomic E-state index is 5.66. The van der Waals surface area contributed by atoms with E-state index in [9.17, 15) is 0 Å². The van der Waals surface area contributed by atoms with Gasteiger partial charge in [0.25, 0.3) is 0 Å². The van der Waals surface area contributed by atoms with Gasteiger partial charge in [-0.1, -0.05) is 11.6 Å². The van der Waals surface area contributed by atoms with Crippen LogP contribution in [-0.4, -0.2) is 7.05 Å². The fraction of sp³-hybridized carbons (Fsp3) is 0.200. The maximum atomic E-state index is 5.66. The van der Waals surface area contributed by atoms with Crippen molar-refractivity contribution in [3.63, 3.8) is 0 Å². The van der Waals surface area contributed by atoms with Crippen molar-refractivity contribution < 1.29 is 0 Å². The fourth-order valence-electron chi connectivity index (χ4n) is 0.422. The summed E-state index contributed by atoms with van der Waals surface area (Å²) in [6.45, 7) is 0. The average molecular weight is 147 g/mol. The van der Waals surface area contributed by atoms with Crippen molar-refractivity contribution >= 4 is 28.6 Å². The number of halogens is 1. The Morgan fingerprint density at radius 1 is 1.88 bits per heavy atom. The largest absolute Gasteiger partial charge is 0.386 e. The first-order valence-electron chi connectivity index (χ1n) is 2.17. The number of hydrogen-bond donors (Lipinski definition) is 1. The molecule has 0 unspecified atom stereocenters. The van der Waals surface area contributed by atoms with E-state index in [0.29, 0.717) is 0 Å². The van der Waals surface area contributed by atoms with Crippen LogP contribution in [0.4, 0.5) is 5.69 Å². The molecule has 1 radical (unpaired) electrons. The van der Waals surface area contributed by atoms with Gasteiger partial charge in [-0.15, -0.1) is 11.3 Å². The van der Waals surface area contributed by atoms with E-state index in [1.807, 2.05) is 13.1 Å². The van der Waals surface area contributed by atoms with Crippen LogP contribution in [0.3, 0.4) is 0 Å². The Morgan fingerprint density at radius 3 is 2.88 bits per heavy atom. The molecule has 1 heterocycles. The van der Waals surface area contributed by atoms with E-state index >= 15 is 0 Å². The average Bonchev–Trinajstić information content (AvgIpc) is 2.14. The van der Waals surface area contributed by atoms with E-state index in [1.54, 1.807) is 0 Å². The molecular weight excluding hydrogens is 142 g/mol. The smallest absolute Gasteiger partial charge is 0.117 e. The normalized spacial score (nSPS) is 9.25. The van der Waals surface area contributed by atoms with Crippen LogP contribution >= 0.6 is 22.9 Å². The van der Waals surface area contributed by atoms with Gasteiger partial charge in [0, 0.05) is 12.4 Å². The van der Waals surface area contributed by atoms with Crippen LogP contribution in [0.5, 0.6) is 0 Å². The Hall–Kier alpha value is -0.210. The van der Waals surface area contributed by atoms with Crippen molar-refractivity contribution in [1.29, 1.82) is 0 Å². The Bertz CT molecular complexity index is 173. The summed E-state index contributed by atoms with van der Waals surface area (Å²) in [4.78, 5) is 0. The highest BCUT2D eigenvalue weighted by Crippen LogP contribution is 2.26. The molecule has 8 heavy (non-hydrogen) atoms. The van der Waals surface area contributed by atoms with Crippen LogP contribution in [-0.2, 0) is 0 Å². The van der Waals surface area contributed by atoms with Gasteiger partial charge in [-0.05, 0) is 6.07 Å². The molecule has 0 aromatic carbocycles. The molecule has 0 aliphatic carbocycles. The molecule has 1 N–H and O–H groups in total. The summed E-state index contributed by atoms with van der Waals surface area (Å²) in [6, 6.07) is 1.83. The van der Waals surface area contributed by atoms with Crippen molar-refractivity contribution in [2.75, 3.05) is 12.4 Å². The number of rotatable bonds is 1. The van der Waals surface area contributed by atoms with Gasteiger partial charge in [0.2, 0.25) is 0 Å². The van der Waals surface area contributed by atoms with Crippen LogP contribution in [0.2, 0.25) is 4.34 Å². The number of nitrogens with one attached hydrogen (secondary N) is 1. The summed E-state index contributed by atoms with van der Waals surface area (Å²) in [6.07, 6.45) is 0. The van der Waals surface area contributed by atoms with Crippen molar-refractivity contribution in [2.24, 2.45) is 0 Å². The van der Waals surface area contributed by atoms with Crippen LogP contribution in [0.1, 0.15) is 0 Å². The van der Waals surface area contributed by atoms with Gasteiger partial charge in [0.15, 0.2) is 0 Å². The summed E-state index contributed by atoms with van der Waals surface area (Å²) in [7, 11) is 1.84. The quantitative estimate of drug-likeness (QED) is 0.641. The second kappa shape index (κ2) is 2.37. The van der Waals surface area contributed by atoms with Gasteiger partial charge in [0.05, 0.1) is 5.69 Å². The lowest BCUT2D eigenvalue weighted by Crippen LogP contribution is -1.82. The lowest BCUT2D eigenvalue weighted by atomic mass is 10.5. The molecule has 0 bridgehead atoms. The summed E-state index contributed by atoms with van der Waals surface area (Å²) in [5, 5.41) is 5.82. The second-order valence-corrected chi connectivity index (χ2v) is 2.75. The van der Waals surface area contributed by atoms with Gasteiger partial charge in [-0.3, -0.25) is 0 Å². The van der Waals surface area contributed by atoms with Crippen molar-refractivity contribution in [3.05, 3.63) is 15.8 Å². The first-order valence-corrected chi connectivity index (χ1v) is 3.37. The topological polar surface area (TPSA) is 12.0 Å². The summed E-state index contributed by atoms with van der Waals surface area (Å²) >= 11 is 7.07. The predicted molar refractivity (Wildman–Crippen MR) is 37.7 cm³/mol. The van der Waals surface area contributed by atoms with E-state index in [4.69, 9.17) is 11.6 Å². The van der Waals surface area contributed by atoms with E-state index in [2.05, 4.69) is 10.7 Å². The third-order valence-electron chi connectivity index (χ3n) is 0.833. The molecule has 1 aromatic rings. The van der Waals surface area contributed by atoms with Crippen LogP contribution < -0.4 is 5.32 Å². The van der Waals surface area contributed by atoms with Gasteiger partial charge >= 0.3 is 0 Å². The summed E-state index contributed by atoms with van der Waals surface area (Å²) in [5.74, 6) is 0. The van der Waals surface area contributed by atoms with Crippen LogP contribution in [0.25, 0.3) is 0 Å². The van der Waals surface area contributed by atoms with Gasteiger partial charge in [-0.25, -0.2) is 0 Å². The molecule has 0 atom stereocenters. The molecule has 3 heteroatoms. The molecule has 0 aliphatic rings. The number of hydrogen-bond acceptors (Lipinski definition) is 2. The summed E-state index contributed by atoms with van der Waals surface area (Å²) < 4.78 is 0.771. The van der Waals surface area contributed by atoms with Crippen molar-refractivity contribution in [1.82, 2.24) is 0 Å². The maximum Gasteiger partial charge on any atom is 0.117 e. The third-order valence-corrected chi connectivity index (χ3v) is 1.90. The highest BCUT2D eigenvalue weighted by atomic mass is 35.5. The minimum absolute atomic E-state index is 0.771. The first-order chi connectivity index (χ1) is 3.84. The van der Waals surface area contributed by atoms with E-state index in [0.717, 1.165) is 10.0 Å². The van der Waals surface area contributed by atoms with E-state index in [-0.39, 0.29) is 0 Å². The molecule has 0 spiro atoms. The van der Waals surface area contributed by atoms with Gasteiger partial charge in [-0.2, -0.15) is 0 Å². The molecule has 0 fully saturated rings.